The number of carbonyl (C=O) groups excluding carboxylic acids is 1. The Morgan fingerprint density at radius 2 is 2.06 bits per heavy atom. The maximum atomic E-state index is 11.8. The highest BCUT2D eigenvalue weighted by Gasteiger charge is 2.09. The van der Waals surface area contributed by atoms with Gasteiger partial charge in [0.05, 0.1) is 13.5 Å². The van der Waals surface area contributed by atoms with Crippen molar-refractivity contribution in [3.8, 4) is 5.75 Å². The van der Waals surface area contributed by atoms with Crippen molar-refractivity contribution in [2.45, 2.75) is 13.3 Å². The monoisotopic (exact) mass is 250 g/mol. The molecular weight excluding hydrogens is 228 g/mol. The van der Waals surface area contributed by atoms with Gasteiger partial charge in [0.2, 0.25) is 5.91 Å². The molecule has 0 bridgehead atoms. The molecule has 0 radical (unpaired) electrons. The molecule has 1 unspecified atom stereocenters. The van der Waals surface area contributed by atoms with E-state index >= 15 is 0 Å². The molecule has 1 aromatic rings. The van der Waals surface area contributed by atoms with Gasteiger partial charge in [-0.1, -0.05) is 25.1 Å². The minimum atomic E-state index is 0.0300. The molecule has 0 aliphatic heterocycles. The molecule has 0 spiro atoms. The van der Waals surface area contributed by atoms with Gasteiger partial charge in [-0.05, 0) is 25.6 Å². The third-order valence-corrected chi connectivity index (χ3v) is 2.74. The van der Waals surface area contributed by atoms with Crippen molar-refractivity contribution in [3.05, 3.63) is 29.8 Å². The van der Waals surface area contributed by atoms with Crippen LogP contribution in [0.1, 0.15) is 12.5 Å². The lowest BCUT2D eigenvalue weighted by Gasteiger charge is -2.12. The van der Waals surface area contributed by atoms with Crippen LogP contribution in [0.5, 0.6) is 5.75 Å². The Hall–Kier alpha value is -1.55. The Bertz CT molecular complexity index is 380. The molecule has 0 aliphatic carbocycles. The number of nitrogens with one attached hydrogen (secondary N) is 2. The summed E-state index contributed by atoms with van der Waals surface area (Å²) in [7, 11) is 3.53. The zero-order chi connectivity index (χ0) is 13.4. The SMILES string of the molecule is CNCC(C)CNC(=O)Cc1ccccc1OC. The van der Waals surface area contributed by atoms with Gasteiger partial charge in [-0.2, -0.15) is 0 Å². The summed E-state index contributed by atoms with van der Waals surface area (Å²) < 4.78 is 5.22. The first-order valence-electron chi connectivity index (χ1n) is 6.20. The van der Waals surface area contributed by atoms with E-state index in [0.29, 0.717) is 18.9 Å². The van der Waals surface area contributed by atoms with Crippen LogP contribution in [0.2, 0.25) is 0 Å². The van der Waals surface area contributed by atoms with Gasteiger partial charge in [-0.25, -0.2) is 0 Å². The molecule has 18 heavy (non-hydrogen) atoms. The van der Waals surface area contributed by atoms with E-state index in [1.807, 2.05) is 31.3 Å². The third kappa shape index (κ3) is 4.75. The van der Waals surface area contributed by atoms with E-state index in [1.165, 1.54) is 0 Å². The smallest absolute Gasteiger partial charge is 0.224 e. The van der Waals surface area contributed by atoms with Gasteiger partial charge in [0, 0.05) is 12.1 Å². The normalized spacial score (nSPS) is 11.9. The zero-order valence-corrected chi connectivity index (χ0v) is 11.3. The largest absolute Gasteiger partial charge is 0.496 e. The second kappa shape index (κ2) is 7.71. The average molecular weight is 250 g/mol. The topological polar surface area (TPSA) is 50.4 Å². The Balaban J connectivity index is 2.44. The van der Waals surface area contributed by atoms with E-state index in [9.17, 15) is 4.79 Å². The van der Waals surface area contributed by atoms with Crippen LogP contribution in [0.15, 0.2) is 24.3 Å². The van der Waals surface area contributed by atoms with Gasteiger partial charge in [0.15, 0.2) is 0 Å². The Morgan fingerprint density at radius 3 is 2.72 bits per heavy atom. The van der Waals surface area contributed by atoms with E-state index in [2.05, 4.69) is 17.6 Å². The number of ether oxygens (including phenoxy) is 1. The molecule has 0 saturated carbocycles. The lowest BCUT2D eigenvalue weighted by atomic mass is 10.1. The number of para-hydroxylation sites is 1. The van der Waals surface area contributed by atoms with Crippen LogP contribution in [0, 0.1) is 5.92 Å². The second-order valence-corrected chi connectivity index (χ2v) is 4.46. The molecule has 1 aromatic carbocycles. The van der Waals surface area contributed by atoms with Crippen molar-refractivity contribution < 1.29 is 9.53 Å². The second-order valence-electron chi connectivity index (χ2n) is 4.46. The minimum absolute atomic E-state index is 0.0300. The number of benzene rings is 1. The fourth-order valence-corrected chi connectivity index (χ4v) is 1.79. The van der Waals surface area contributed by atoms with Crippen LogP contribution in [0.3, 0.4) is 0 Å². The summed E-state index contributed by atoms with van der Waals surface area (Å²) in [5, 5.41) is 6.02. The summed E-state index contributed by atoms with van der Waals surface area (Å²) in [6, 6.07) is 7.59. The summed E-state index contributed by atoms with van der Waals surface area (Å²) in [5.41, 5.74) is 0.916. The molecule has 1 atom stereocenters. The molecule has 1 amide bonds. The molecule has 0 fully saturated rings. The van der Waals surface area contributed by atoms with Gasteiger partial charge in [-0.3, -0.25) is 4.79 Å². The number of hydrogen-bond acceptors (Lipinski definition) is 3. The van der Waals surface area contributed by atoms with E-state index in [4.69, 9.17) is 4.74 Å². The predicted molar refractivity (Wildman–Crippen MR) is 72.8 cm³/mol. The Morgan fingerprint density at radius 1 is 1.33 bits per heavy atom. The zero-order valence-electron chi connectivity index (χ0n) is 11.3. The van der Waals surface area contributed by atoms with E-state index in [-0.39, 0.29) is 5.91 Å². The van der Waals surface area contributed by atoms with Crippen LogP contribution < -0.4 is 15.4 Å². The molecule has 4 heteroatoms. The standard InChI is InChI=1S/C14H22N2O2/c1-11(9-15-2)10-16-14(17)8-12-6-4-5-7-13(12)18-3/h4-7,11,15H,8-10H2,1-3H3,(H,16,17). The number of hydrogen-bond donors (Lipinski definition) is 2. The van der Waals surface area contributed by atoms with Gasteiger partial charge in [-0.15, -0.1) is 0 Å². The molecule has 0 aliphatic rings. The van der Waals surface area contributed by atoms with Crippen molar-refractivity contribution in [1.82, 2.24) is 10.6 Å². The number of rotatable bonds is 7. The molecule has 0 saturated heterocycles. The minimum Gasteiger partial charge on any atom is -0.496 e. The first-order valence-corrected chi connectivity index (χ1v) is 6.20. The molecular formula is C14H22N2O2. The van der Waals surface area contributed by atoms with Crippen LogP contribution in [-0.2, 0) is 11.2 Å². The van der Waals surface area contributed by atoms with Crippen LogP contribution >= 0.6 is 0 Å². The highest BCUT2D eigenvalue weighted by Crippen LogP contribution is 2.17. The van der Waals surface area contributed by atoms with Gasteiger partial charge in [0.25, 0.3) is 0 Å². The Labute approximate surface area is 109 Å². The average Bonchev–Trinajstić information content (AvgIpc) is 2.37. The number of methoxy groups -OCH3 is 1. The maximum absolute atomic E-state index is 11.8. The first-order chi connectivity index (χ1) is 8.67. The summed E-state index contributed by atoms with van der Waals surface area (Å²) in [6.45, 7) is 3.68. The summed E-state index contributed by atoms with van der Waals surface area (Å²) in [6.07, 6.45) is 0.357. The fraction of sp³-hybridized carbons (Fsp3) is 0.500. The van der Waals surface area contributed by atoms with Gasteiger partial charge in [0.1, 0.15) is 5.75 Å². The fourth-order valence-electron chi connectivity index (χ4n) is 1.79. The molecule has 0 heterocycles. The van der Waals surface area contributed by atoms with Crippen LogP contribution in [-0.4, -0.2) is 33.2 Å². The molecule has 0 aromatic heterocycles. The van der Waals surface area contributed by atoms with E-state index < -0.39 is 0 Å². The molecule has 1 rings (SSSR count). The van der Waals surface area contributed by atoms with Gasteiger partial charge >= 0.3 is 0 Å². The van der Waals surface area contributed by atoms with Crippen molar-refractivity contribution in [2.75, 3.05) is 27.2 Å². The van der Waals surface area contributed by atoms with E-state index in [0.717, 1.165) is 17.9 Å². The van der Waals surface area contributed by atoms with Crippen LogP contribution in [0.25, 0.3) is 0 Å². The number of amides is 1. The van der Waals surface area contributed by atoms with Crippen molar-refractivity contribution in [3.63, 3.8) is 0 Å². The van der Waals surface area contributed by atoms with E-state index in [1.54, 1.807) is 7.11 Å². The summed E-state index contributed by atoms with van der Waals surface area (Å²) in [5.74, 6) is 1.22. The summed E-state index contributed by atoms with van der Waals surface area (Å²) in [4.78, 5) is 11.8. The lowest BCUT2D eigenvalue weighted by Crippen LogP contribution is -2.33. The first kappa shape index (κ1) is 14.5. The Kier molecular flexibility index (Phi) is 6.22. The predicted octanol–water partition coefficient (Wildman–Crippen LogP) is 1.21. The van der Waals surface area contributed by atoms with Crippen molar-refractivity contribution in [2.24, 2.45) is 5.92 Å². The van der Waals surface area contributed by atoms with Gasteiger partial charge < -0.3 is 15.4 Å². The molecule has 100 valence electrons. The number of carbonyl (C=O) groups is 1. The quantitative estimate of drug-likeness (QED) is 0.765. The molecule has 4 nitrogen and oxygen atoms in total. The molecule has 2 N–H and O–H groups in total. The van der Waals surface area contributed by atoms with Crippen molar-refractivity contribution >= 4 is 5.91 Å². The highest BCUT2D eigenvalue weighted by molar-refractivity contribution is 5.79. The lowest BCUT2D eigenvalue weighted by molar-refractivity contribution is -0.120. The highest BCUT2D eigenvalue weighted by atomic mass is 16.5. The third-order valence-electron chi connectivity index (χ3n) is 2.74. The van der Waals surface area contributed by atoms with Crippen LogP contribution in [0.4, 0.5) is 0 Å². The van der Waals surface area contributed by atoms with Crippen molar-refractivity contribution in [1.29, 1.82) is 0 Å². The maximum Gasteiger partial charge on any atom is 0.224 e. The summed E-state index contributed by atoms with van der Waals surface area (Å²) >= 11 is 0.